The monoisotopic (exact) mass is 278 g/mol. The van der Waals surface area contributed by atoms with E-state index in [4.69, 9.17) is 4.98 Å². The molecular formula is C18H15FN2. The molecule has 0 fully saturated rings. The summed E-state index contributed by atoms with van der Waals surface area (Å²) in [5.74, 6) is -0.205. The lowest BCUT2D eigenvalue weighted by atomic mass is 9.92. The van der Waals surface area contributed by atoms with Gasteiger partial charge in [-0.1, -0.05) is 30.3 Å². The van der Waals surface area contributed by atoms with Crippen molar-refractivity contribution >= 4 is 10.9 Å². The standard InChI is InChI=1S/C18H15FN2/c19-13-7-5-12(6-8-13)18-14-3-1-2-4-16(14)21-17-9-10-20-11-15(17)18/h1-8,20H,9-11H2. The summed E-state index contributed by atoms with van der Waals surface area (Å²) in [6.07, 6.45) is 0.939. The van der Waals surface area contributed by atoms with E-state index in [1.807, 2.05) is 30.3 Å². The van der Waals surface area contributed by atoms with Gasteiger partial charge in [0.1, 0.15) is 5.82 Å². The third kappa shape index (κ3) is 2.10. The van der Waals surface area contributed by atoms with Gasteiger partial charge < -0.3 is 5.32 Å². The van der Waals surface area contributed by atoms with Crippen LogP contribution < -0.4 is 5.32 Å². The molecule has 0 bridgehead atoms. The van der Waals surface area contributed by atoms with Crippen molar-refractivity contribution in [2.24, 2.45) is 0 Å². The van der Waals surface area contributed by atoms with Crippen LogP contribution in [0.25, 0.3) is 22.0 Å². The van der Waals surface area contributed by atoms with Gasteiger partial charge in [0.25, 0.3) is 0 Å². The second-order valence-corrected chi connectivity index (χ2v) is 5.36. The number of hydrogen-bond acceptors (Lipinski definition) is 2. The molecule has 0 amide bonds. The third-order valence-electron chi connectivity index (χ3n) is 4.05. The van der Waals surface area contributed by atoms with Crippen LogP contribution in [-0.2, 0) is 13.0 Å². The highest BCUT2D eigenvalue weighted by Gasteiger charge is 2.18. The molecule has 0 radical (unpaired) electrons. The fourth-order valence-corrected chi connectivity index (χ4v) is 3.07. The number of benzene rings is 2. The van der Waals surface area contributed by atoms with E-state index < -0.39 is 0 Å². The molecule has 2 aromatic carbocycles. The predicted molar refractivity (Wildman–Crippen MR) is 82.5 cm³/mol. The van der Waals surface area contributed by atoms with E-state index in [2.05, 4.69) is 11.4 Å². The van der Waals surface area contributed by atoms with Crippen molar-refractivity contribution in [2.45, 2.75) is 13.0 Å². The van der Waals surface area contributed by atoms with Gasteiger partial charge in [-0.2, -0.15) is 0 Å². The number of pyridine rings is 1. The Hall–Kier alpha value is -2.26. The molecule has 3 aromatic rings. The predicted octanol–water partition coefficient (Wildman–Crippen LogP) is 3.69. The quantitative estimate of drug-likeness (QED) is 0.734. The number of hydrogen-bond donors (Lipinski definition) is 1. The first-order valence-corrected chi connectivity index (χ1v) is 7.20. The van der Waals surface area contributed by atoms with E-state index >= 15 is 0 Å². The Bertz CT molecular complexity index is 809. The summed E-state index contributed by atoms with van der Waals surface area (Å²) in [7, 11) is 0. The molecule has 104 valence electrons. The van der Waals surface area contributed by atoms with Crippen molar-refractivity contribution in [3.63, 3.8) is 0 Å². The summed E-state index contributed by atoms with van der Waals surface area (Å²) < 4.78 is 13.2. The first-order valence-electron chi connectivity index (χ1n) is 7.20. The molecule has 0 atom stereocenters. The van der Waals surface area contributed by atoms with Crippen molar-refractivity contribution in [3.05, 3.63) is 65.6 Å². The maximum Gasteiger partial charge on any atom is 0.123 e. The SMILES string of the molecule is Fc1ccc(-c2c3c(nc4ccccc24)CCNC3)cc1. The van der Waals surface area contributed by atoms with Crippen molar-refractivity contribution in [1.82, 2.24) is 10.3 Å². The minimum absolute atomic E-state index is 0.205. The van der Waals surface area contributed by atoms with Crippen LogP contribution in [0, 0.1) is 5.82 Å². The summed E-state index contributed by atoms with van der Waals surface area (Å²) in [5.41, 5.74) is 5.65. The van der Waals surface area contributed by atoms with Gasteiger partial charge in [-0.25, -0.2) is 4.39 Å². The van der Waals surface area contributed by atoms with E-state index in [-0.39, 0.29) is 5.82 Å². The number of nitrogens with one attached hydrogen (secondary N) is 1. The van der Waals surface area contributed by atoms with Gasteiger partial charge in [0.2, 0.25) is 0 Å². The Kier molecular flexibility index (Phi) is 2.93. The van der Waals surface area contributed by atoms with Crippen LogP contribution >= 0.6 is 0 Å². The lowest BCUT2D eigenvalue weighted by Crippen LogP contribution is -2.25. The molecule has 0 saturated heterocycles. The zero-order valence-electron chi connectivity index (χ0n) is 11.6. The molecule has 1 N–H and O–H groups in total. The molecule has 1 aliphatic rings. The van der Waals surface area contributed by atoms with Crippen LogP contribution in [0.1, 0.15) is 11.3 Å². The van der Waals surface area contributed by atoms with Crippen LogP contribution in [0.3, 0.4) is 0 Å². The van der Waals surface area contributed by atoms with E-state index in [0.29, 0.717) is 0 Å². The van der Waals surface area contributed by atoms with Crippen molar-refractivity contribution < 1.29 is 4.39 Å². The second-order valence-electron chi connectivity index (χ2n) is 5.36. The van der Waals surface area contributed by atoms with Crippen molar-refractivity contribution in [3.8, 4) is 11.1 Å². The Labute approximate surface area is 122 Å². The van der Waals surface area contributed by atoms with Gasteiger partial charge in [0.05, 0.1) is 5.52 Å². The van der Waals surface area contributed by atoms with Crippen LogP contribution in [0.15, 0.2) is 48.5 Å². The summed E-state index contributed by atoms with van der Waals surface area (Å²) in [5, 5.41) is 4.54. The Balaban J connectivity index is 2.07. The molecule has 0 aliphatic carbocycles. The Morgan fingerprint density at radius 3 is 2.67 bits per heavy atom. The van der Waals surface area contributed by atoms with E-state index in [9.17, 15) is 4.39 Å². The van der Waals surface area contributed by atoms with E-state index in [1.165, 1.54) is 23.3 Å². The number of rotatable bonds is 1. The highest BCUT2D eigenvalue weighted by Crippen LogP contribution is 2.34. The van der Waals surface area contributed by atoms with Gasteiger partial charge in [0, 0.05) is 30.6 Å². The molecule has 3 heteroatoms. The third-order valence-corrected chi connectivity index (χ3v) is 4.05. The van der Waals surface area contributed by atoms with Gasteiger partial charge in [-0.15, -0.1) is 0 Å². The minimum Gasteiger partial charge on any atom is -0.312 e. The number of fused-ring (bicyclic) bond motifs is 2. The highest BCUT2D eigenvalue weighted by molar-refractivity contribution is 5.96. The molecular weight excluding hydrogens is 263 g/mol. The van der Waals surface area contributed by atoms with Gasteiger partial charge in [-0.3, -0.25) is 4.98 Å². The smallest absolute Gasteiger partial charge is 0.123 e. The second kappa shape index (κ2) is 4.93. The molecule has 0 spiro atoms. The summed E-state index contributed by atoms with van der Waals surface area (Å²) in [6, 6.07) is 14.9. The van der Waals surface area contributed by atoms with Crippen molar-refractivity contribution in [2.75, 3.05) is 6.54 Å². The van der Waals surface area contributed by atoms with Gasteiger partial charge in [0.15, 0.2) is 0 Å². The maximum absolute atomic E-state index is 13.2. The molecule has 2 heterocycles. The average molecular weight is 278 g/mol. The average Bonchev–Trinajstić information content (AvgIpc) is 2.53. The molecule has 1 aliphatic heterocycles. The zero-order valence-corrected chi connectivity index (χ0v) is 11.6. The Morgan fingerprint density at radius 2 is 1.81 bits per heavy atom. The Morgan fingerprint density at radius 1 is 1.00 bits per heavy atom. The van der Waals surface area contributed by atoms with Crippen LogP contribution in [0.2, 0.25) is 0 Å². The molecule has 0 saturated carbocycles. The largest absolute Gasteiger partial charge is 0.312 e. The topological polar surface area (TPSA) is 24.9 Å². The fourth-order valence-electron chi connectivity index (χ4n) is 3.07. The molecule has 2 nitrogen and oxygen atoms in total. The number of aromatic nitrogens is 1. The molecule has 4 rings (SSSR count). The summed E-state index contributed by atoms with van der Waals surface area (Å²) in [6.45, 7) is 1.78. The summed E-state index contributed by atoms with van der Waals surface area (Å²) >= 11 is 0. The van der Waals surface area contributed by atoms with E-state index in [0.717, 1.165) is 41.7 Å². The van der Waals surface area contributed by atoms with Gasteiger partial charge >= 0.3 is 0 Å². The van der Waals surface area contributed by atoms with Gasteiger partial charge in [-0.05, 0) is 34.9 Å². The maximum atomic E-state index is 13.2. The van der Waals surface area contributed by atoms with Crippen LogP contribution in [-0.4, -0.2) is 11.5 Å². The van der Waals surface area contributed by atoms with E-state index in [1.54, 1.807) is 0 Å². The lowest BCUT2D eigenvalue weighted by Gasteiger charge is -2.21. The molecule has 1 aromatic heterocycles. The lowest BCUT2D eigenvalue weighted by molar-refractivity contribution is 0.627. The first-order chi connectivity index (χ1) is 10.3. The molecule has 21 heavy (non-hydrogen) atoms. The molecule has 0 unspecified atom stereocenters. The number of para-hydroxylation sites is 1. The normalized spacial score (nSPS) is 14.1. The fraction of sp³-hybridized carbons (Fsp3) is 0.167. The summed E-state index contributed by atoms with van der Waals surface area (Å²) in [4.78, 5) is 4.81. The highest BCUT2D eigenvalue weighted by atomic mass is 19.1. The van der Waals surface area contributed by atoms with Crippen LogP contribution in [0.5, 0.6) is 0 Å². The van der Waals surface area contributed by atoms with Crippen molar-refractivity contribution in [1.29, 1.82) is 0 Å². The zero-order chi connectivity index (χ0) is 14.2. The minimum atomic E-state index is -0.205. The number of halogens is 1. The van der Waals surface area contributed by atoms with Crippen LogP contribution in [0.4, 0.5) is 4.39 Å². The number of nitrogens with zero attached hydrogens (tertiary/aromatic N) is 1. The first kappa shape index (κ1) is 12.5.